The van der Waals surface area contributed by atoms with E-state index in [0.29, 0.717) is 22.1 Å². The molecule has 0 spiro atoms. The lowest BCUT2D eigenvalue weighted by molar-refractivity contribution is -0.136. The number of aromatic amines is 1. The third kappa shape index (κ3) is 5.27. The summed E-state index contributed by atoms with van der Waals surface area (Å²) in [5.41, 5.74) is 2.77. The molecule has 4 aromatic rings. The van der Waals surface area contributed by atoms with Gasteiger partial charge in [0, 0.05) is 29.1 Å². The van der Waals surface area contributed by atoms with Gasteiger partial charge in [0.2, 0.25) is 0 Å². The summed E-state index contributed by atoms with van der Waals surface area (Å²) < 4.78 is 16.7. The molecule has 0 aliphatic rings. The number of hydrogen-bond acceptors (Lipinski definition) is 6. The van der Waals surface area contributed by atoms with Crippen LogP contribution in [0.3, 0.4) is 0 Å². The van der Waals surface area contributed by atoms with Crippen LogP contribution in [0.1, 0.15) is 43.0 Å². The topological polar surface area (TPSA) is 111 Å². The molecule has 4 rings (SSSR count). The molecule has 0 bridgehead atoms. The number of carbonyl (C=O) groups excluding carboxylic acids is 2. The van der Waals surface area contributed by atoms with Gasteiger partial charge in [-0.3, -0.25) is 0 Å². The molecule has 1 atom stereocenters. The minimum absolute atomic E-state index is 0.179. The molecule has 8 heteroatoms. The zero-order valence-electron chi connectivity index (χ0n) is 21.3. The average molecular weight is 491 g/mol. The van der Waals surface area contributed by atoms with Crippen molar-refractivity contribution in [3.63, 3.8) is 0 Å². The molecular formula is C28H30N2O6. The molecule has 2 aromatic carbocycles. The molecule has 2 aromatic heterocycles. The van der Waals surface area contributed by atoms with E-state index in [1.165, 1.54) is 0 Å². The highest BCUT2D eigenvalue weighted by molar-refractivity contribution is 5.92. The Kier molecular flexibility index (Phi) is 6.63. The van der Waals surface area contributed by atoms with E-state index in [2.05, 4.69) is 10.3 Å². The Balaban J connectivity index is 1.71. The van der Waals surface area contributed by atoms with Gasteiger partial charge in [-0.05, 0) is 76.4 Å². The summed E-state index contributed by atoms with van der Waals surface area (Å²) in [6.07, 6.45) is 1.27. The van der Waals surface area contributed by atoms with Crippen molar-refractivity contribution in [3.05, 3.63) is 75.3 Å². The van der Waals surface area contributed by atoms with E-state index in [-0.39, 0.29) is 12.2 Å². The fourth-order valence-electron chi connectivity index (χ4n) is 4.11. The number of rotatable bonds is 5. The quantitative estimate of drug-likeness (QED) is 0.225. The number of aromatic nitrogens is 1. The standard InChI is InChI=1S/C28H30N2O6/c1-15-11-22-24(16(2)17(3)25(31)34-22)23(12-15)35-26(32)21(30-27(33)36-28(4,5)6)13-18-14-29-20-10-8-7-9-19(18)20/h7-12,14,21,29H,13H2,1-6H3,(H,30,33). The zero-order valence-corrected chi connectivity index (χ0v) is 21.3. The van der Waals surface area contributed by atoms with E-state index < -0.39 is 29.3 Å². The number of esters is 1. The third-order valence-electron chi connectivity index (χ3n) is 5.94. The van der Waals surface area contributed by atoms with E-state index >= 15 is 0 Å². The monoisotopic (exact) mass is 490 g/mol. The number of benzene rings is 2. The molecule has 0 saturated heterocycles. The predicted octanol–water partition coefficient (Wildman–Crippen LogP) is 5.24. The largest absolute Gasteiger partial charge is 0.444 e. The van der Waals surface area contributed by atoms with Crippen LogP contribution in [-0.2, 0) is 16.0 Å². The number of fused-ring (bicyclic) bond motifs is 2. The second kappa shape index (κ2) is 9.53. The Morgan fingerprint density at radius 2 is 1.81 bits per heavy atom. The molecule has 0 aliphatic heterocycles. The summed E-state index contributed by atoms with van der Waals surface area (Å²) in [5, 5.41) is 4.15. The van der Waals surface area contributed by atoms with Crippen LogP contribution in [0.25, 0.3) is 21.9 Å². The SMILES string of the molecule is Cc1cc(OC(=O)C(Cc2c[nH]c3ccccc23)NC(=O)OC(C)(C)C)c2c(C)c(C)c(=O)oc2c1. The third-order valence-corrected chi connectivity index (χ3v) is 5.94. The van der Waals surface area contributed by atoms with Crippen LogP contribution < -0.4 is 15.7 Å². The van der Waals surface area contributed by atoms with E-state index in [0.717, 1.165) is 22.0 Å². The van der Waals surface area contributed by atoms with Crippen molar-refractivity contribution in [2.24, 2.45) is 0 Å². The molecule has 2 N–H and O–H groups in total. The number of H-pyrrole nitrogens is 1. The Bertz CT molecular complexity index is 1520. The van der Waals surface area contributed by atoms with Crippen molar-refractivity contribution < 1.29 is 23.5 Å². The molecule has 0 radical (unpaired) electrons. The van der Waals surface area contributed by atoms with Crippen LogP contribution >= 0.6 is 0 Å². The number of nitrogens with one attached hydrogen (secondary N) is 2. The first-order chi connectivity index (χ1) is 16.9. The van der Waals surface area contributed by atoms with Gasteiger partial charge in [-0.25, -0.2) is 14.4 Å². The van der Waals surface area contributed by atoms with Crippen LogP contribution in [-0.4, -0.2) is 28.7 Å². The molecule has 1 unspecified atom stereocenters. The molecule has 0 aliphatic carbocycles. The Labute approximate surface area is 208 Å². The van der Waals surface area contributed by atoms with Gasteiger partial charge in [0.05, 0.1) is 5.39 Å². The maximum atomic E-state index is 13.5. The second-order valence-electron chi connectivity index (χ2n) is 9.96. The number of carbonyl (C=O) groups is 2. The van der Waals surface area contributed by atoms with Gasteiger partial charge >= 0.3 is 17.7 Å². The Morgan fingerprint density at radius 1 is 1.08 bits per heavy atom. The summed E-state index contributed by atoms with van der Waals surface area (Å²) in [4.78, 5) is 41.5. The van der Waals surface area contributed by atoms with Crippen molar-refractivity contribution in [1.82, 2.24) is 10.3 Å². The van der Waals surface area contributed by atoms with Gasteiger partial charge in [-0.2, -0.15) is 0 Å². The van der Waals surface area contributed by atoms with Crippen LogP contribution in [0.5, 0.6) is 5.75 Å². The molecule has 2 heterocycles. The minimum Gasteiger partial charge on any atom is -0.444 e. The summed E-state index contributed by atoms with van der Waals surface area (Å²) >= 11 is 0. The summed E-state index contributed by atoms with van der Waals surface area (Å²) in [5.74, 6) is -0.407. The molecule has 0 saturated carbocycles. The average Bonchev–Trinajstić information content (AvgIpc) is 3.18. The molecule has 1 amide bonds. The summed E-state index contributed by atoms with van der Waals surface area (Å²) in [6, 6.07) is 10.1. The number of alkyl carbamates (subject to hydrolysis) is 1. The number of hydrogen-bond donors (Lipinski definition) is 2. The zero-order chi connectivity index (χ0) is 26.2. The van der Waals surface area contributed by atoms with Gasteiger partial charge < -0.3 is 24.2 Å². The molecule has 0 fully saturated rings. The highest BCUT2D eigenvalue weighted by atomic mass is 16.6. The lowest BCUT2D eigenvalue weighted by Crippen LogP contribution is -2.46. The van der Waals surface area contributed by atoms with E-state index in [1.54, 1.807) is 46.8 Å². The lowest BCUT2D eigenvalue weighted by atomic mass is 10.0. The van der Waals surface area contributed by atoms with Crippen LogP contribution in [0, 0.1) is 20.8 Å². The number of aryl methyl sites for hydroxylation is 2. The van der Waals surface area contributed by atoms with Crippen molar-refractivity contribution >= 4 is 33.9 Å². The first-order valence-electron chi connectivity index (χ1n) is 11.7. The minimum atomic E-state index is -1.04. The number of ether oxygens (including phenoxy) is 2. The highest BCUT2D eigenvalue weighted by Crippen LogP contribution is 2.31. The second-order valence-corrected chi connectivity index (χ2v) is 9.96. The van der Waals surface area contributed by atoms with Crippen molar-refractivity contribution in [3.8, 4) is 5.75 Å². The lowest BCUT2D eigenvalue weighted by Gasteiger charge is -2.23. The molecule has 36 heavy (non-hydrogen) atoms. The Hall–Kier alpha value is -4.07. The molecular weight excluding hydrogens is 460 g/mol. The Morgan fingerprint density at radius 3 is 2.53 bits per heavy atom. The van der Waals surface area contributed by atoms with Gasteiger partial charge in [0.1, 0.15) is 23.0 Å². The van der Waals surface area contributed by atoms with E-state index in [9.17, 15) is 14.4 Å². The van der Waals surface area contributed by atoms with Crippen LogP contribution in [0.15, 0.2) is 51.8 Å². The van der Waals surface area contributed by atoms with Crippen LogP contribution in [0.2, 0.25) is 0 Å². The number of amides is 1. The maximum absolute atomic E-state index is 13.5. The molecule has 8 nitrogen and oxygen atoms in total. The first-order valence-corrected chi connectivity index (χ1v) is 11.7. The van der Waals surface area contributed by atoms with Crippen LogP contribution in [0.4, 0.5) is 4.79 Å². The van der Waals surface area contributed by atoms with E-state index in [1.807, 2.05) is 37.4 Å². The van der Waals surface area contributed by atoms with Gasteiger partial charge in [-0.15, -0.1) is 0 Å². The van der Waals surface area contributed by atoms with Gasteiger partial charge in [0.15, 0.2) is 0 Å². The number of para-hydroxylation sites is 1. The summed E-state index contributed by atoms with van der Waals surface area (Å²) in [7, 11) is 0. The van der Waals surface area contributed by atoms with Gasteiger partial charge in [0.25, 0.3) is 0 Å². The normalized spacial score (nSPS) is 12.5. The fraction of sp³-hybridized carbons (Fsp3) is 0.321. The van der Waals surface area contributed by atoms with Crippen molar-refractivity contribution in [2.45, 2.75) is 59.6 Å². The summed E-state index contributed by atoms with van der Waals surface area (Å²) in [6.45, 7) is 10.5. The predicted molar refractivity (Wildman–Crippen MR) is 137 cm³/mol. The van der Waals surface area contributed by atoms with Crippen molar-refractivity contribution in [1.29, 1.82) is 0 Å². The highest BCUT2D eigenvalue weighted by Gasteiger charge is 2.28. The fourth-order valence-corrected chi connectivity index (χ4v) is 4.11. The smallest absolute Gasteiger partial charge is 0.408 e. The molecule has 188 valence electrons. The first kappa shape index (κ1) is 25.0. The van der Waals surface area contributed by atoms with E-state index in [4.69, 9.17) is 13.9 Å². The van der Waals surface area contributed by atoms with Gasteiger partial charge in [-0.1, -0.05) is 18.2 Å². The maximum Gasteiger partial charge on any atom is 0.408 e. The van der Waals surface area contributed by atoms with Crippen molar-refractivity contribution in [2.75, 3.05) is 0 Å².